The van der Waals surface area contributed by atoms with E-state index >= 15 is 0 Å². The molecule has 0 radical (unpaired) electrons. The van der Waals surface area contributed by atoms with Gasteiger partial charge in [0, 0.05) is 19.2 Å². The Bertz CT molecular complexity index is 386. The van der Waals surface area contributed by atoms with Crippen LogP contribution in [0.25, 0.3) is 0 Å². The average Bonchev–Trinajstić information content (AvgIpc) is 2.28. The zero-order valence-corrected chi connectivity index (χ0v) is 9.86. The van der Waals surface area contributed by atoms with Gasteiger partial charge in [0.2, 0.25) is 5.91 Å². The zero-order valence-electron chi connectivity index (χ0n) is 9.86. The Labute approximate surface area is 99.7 Å². The van der Waals surface area contributed by atoms with Gasteiger partial charge in [-0.1, -0.05) is 0 Å². The van der Waals surface area contributed by atoms with Crippen LogP contribution in [-0.2, 0) is 14.3 Å². The van der Waals surface area contributed by atoms with Gasteiger partial charge in [-0.05, 0) is 31.2 Å². The molecule has 0 aromatic heterocycles. The Morgan fingerprint density at radius 3 is 2.41 bits per heavy atom. The van der Waals surface area contributed by atoms with Crippen molar-refractivity contribution in [3.8, 4) is 5.75 Å². The molecule has 0 bridgehead atoms. The summed E-state index contributed by atoms with van der Waals surface area (Å²) in [5.41, 5.74) is 0.655. The Morgan fingerprint density at radius 2 is 1.88 bits per heavy atom. The maximum absolute atomic E-state index is 11.2. The van der Waals surface area contributed by atoms with Crippen LogP contribution >= 0.6 is 0 Å². The lowest BCUT2D eigenvalue weighted by atomic mass is 10.3. The fourth-order valence-electron chi connectivity index (χ4n) is 1.16. The van der Waals surface area contributed by atoms with Gasteiger partial charge in [-0.15, -0.1) is 0 Å². The number of carbonyl (C=O) groups excluding carboxylic acids is 2. The summed E-state index contributed by atoms with van der Waals surface area (Å²) >= 11 is 0. The van der Waals surface area contributed by atoms with Crippen molar-refractivity contribution in [2.45, 2.75) is 13.8 Å². The minimum absolute atomic E-state index is 0.0655. The quantitative estimate of drug-likeness (QED) is 0.624. The van der Waals surface area contributed by atoms with Crippen LogP contribution in [0, 0.1) is 0 Å². The van der Waals surface area contributed by atoms with E-state index in [0.717, 1.165) is 0 Å². The number of carbonyl (C=O) groups is 2. The first-order chi connectivity index (χ1) is 8.11. The monoisotopic (exact) mass is 237 g/mol. The second-order valence-corrected chi connectivity index (χ2v) is 3.32. The molecule has 0 aliphatic rings. The van der Waals surface area contributed by atoms with Gasteiger partial charge in [-0.2, -0.15) is 0 Å². The highest BCUT2D eigenvalue weighted by molar-refractivity contribution is 5.88. The molecule has 1 amide bonds. The third-order valence-corrected chi connectivity index (χ3v) is 1.83. The summed E-state index contributed by atoms with van der Waals surface area (Å²) in [4.78, 5) is 22.0. The predicted octanol–water partition coefficient (Wildman–Crippen LogP) is 1.59. The van der Waals surface area contributed by atoms with E-state index in [9.17, 15) is 9.59 Å². The normalized spacial score (nSPS) is 9.76. The van der Waals surface area contributed by atoms with Crippen molar-refractivity contribution in [2.75, 3.05) is 18.5 Å². The molecule has 0 aliphatic carbocycles. The molecule has 0 heterocycles. The average molecular weight is 237 g/mol. The lowest BCUT2D eigenvalue weighted by molar-refractivity contribution is -0.139. The van der Waals surface area contributed by atoms with Gasteiger partial charge in [-0.25, -0.2) is 4.79 Å². The van der Waals surface area contributed by atoms with Gasteiger partial charge in [-0.3, -0.25) is 4.79 Å². The molecule has 0 saturated carbocycles. The first-order valence-corrected chi connectivity index (χ1v) is 5.28. The zero-order chi connectivity index (χ0) is 12.7. The molecule has 0 atom stereocenters. The van der Waals surface area contributed by atoms with Crippen LogP contribution in [-0.4, -0.2) is 25.1 Å². The van der Waals surface area contributed by atoms with Crippen molar-refractivity contribution >= 4 is 17.6 Å². The highest BCUT2D eigenvalue weighted by atomic mass is 16.6. The van der Waals surface area contributed by atoms with Crippen LogP contribution in [0.15, 0.2) is 24.3 Å². The van der Waals surface area contributed by atoms with Crippen LogP contribution in [0.2, 0.25) is 0 Å². The number of benzene rings is 1. The van der Waals surface area contributed by atoms with E-state index in [2.05, 4.69) is 5.32 Å². The summed E-state index contributed by atoms with van der Waals surface area (Å²) in [5, 5.41) is 2.62. The second-order valence-electron chi connectivity index (χ2n) is 3.32. The minimum Gasteiger partial charge on any atom is -0.425 e. The molecule has 1 aromatic carbocycles. The molecular formula is C12H15NO4. The standard InChI is InChI=1S/C12H15NO4/c1-3-16-8-12(15)17-11-6-4-10(5-7-11)13-9(2)14/h4-7H,3,8H2,1-2H3,(H,13,14). The number of anilines is 1. The summed E-state index contributed by atoms with van der Waals surface area (Å²) in [6.45, 7) is 3.63. The first-order valence-electron chi connectivity index (χ1n) is 5.28. The molecule has 1 rings (SSSR count). The molecule has 17 heavy (non-hydrogen) atoms. The summed E-state index contributed by atoms with van der Waals surface area (Å²) in [6.07, 6.45) is 0. The van der Waals surface area contributed by atoms with Gasteiger partial charge in [0.1, 0.15) is 12.4 Å². The lowest BCUT2D eigenvalue weighted by Gasteiger charge is -2.06. The molecule has 0 saturated heterocycles. The maximum atomic E-state index is 11.2. The van der Waals surface area contributed by atoms with Crippen molar-refractivity contribution in [3.63, 3.8) is 0 Å². The Hall–Kier alpha value is -1.88. The van der Waals surface area contributed by atoms with E-state index in [0.29, 0.717) is 18.0 Å². The Kier molecular flexibility index (Phi) is 5.16. The number of hydrogen-bond donors (Lipinski definition) is 1. The van der Waals surface area contributed by atoms with Gasteiger partial charge in [0.25, 0.3) is 0 Å². The molecule has 5 heteroatoms. The van der Waals surface area contributed by atoms with Crippen LogP contribution < -0.4 is 10.1 Å². The van der Waals surface area contributed by atoms with E-state index in [1.54, 1.807) is 31.2 Å². The number of ether oxygens (including phenoxy) is 2. The van der Waals surface area contributed by atoms with Gasteiger partial charge in [0.15, 0.2) is 0 Å². The largest absolute Gasteiger partial charge is 0.425 e. The molecule has 1 N–H and O–H groups in total. The summed E-state index contributed by atoms with van der Waals surface area (Å²) in [6, 6.07) is 6.53. The third kappa shape index (κ3) is 5.12. The summed E-state index contributed by atoms with van der Waals surface area (Å²) < 4.78 is 9.91. The fraction of sp³-hybridized carbons (Fsp3) is 0.333. The topological polar surface area (TPSA) is 64.6 Å². The Balaban J connectivity index is 2.50. The molecular weight excluding hydrogens is 222 g/mol. The number of rotatable bonds is 5. The van der Waals surface area contributed by atoms with Crippen molar-refractivity contribution in [1.29, 1.82) is 0 Å². The first kappa shape index (κ1) is 13.2. The highest BCUT2D eigenvalue weighted by Crippen LogP contribution is 2.15. The third-order valence-electron chi connectivity index (χ3n) is 1.83. The van der Waals surface area contributed by atoms with Gasteiger partial charge >= 0.3 is 5.97 Å². The van der Waals surface area contributed by atoms with E-state index in [4.69, 9.17) is 9.47 Å². The van der Waals surface area contributed by atoms with Crippen LogP contribution in [0.3, 0.4) is 0 Å². The molecule has 92 valence electrons. The highest BCUT2D eigenvalue weighted by Gasteiger charge is 2.04. The number of amides is 1. The van der Waals surface area contributed by atoms with E-state index in [1.807, 2.05) is 0 Å². The Morgan fingerprint density at radius 1 is 1.24 bits per heavy atom. The van der Waals surface area contributed by atoms with Gasteiger partial charge < -0.3 is 14.8 Å². The van der Waals surface area contributed by atoms with Crippen LogP contribution in [0.1, 0.15) is 13.8 Å². The smallest absolute Gasteiger partial charge is 0.337 e. The number of esters is 1. The molecule has 0 spiro atoms. The van der Waals surface area contributed by atoms with Crippen molar-refractivity contribution in [3.05, 3.63) is 24.3 Å². The molecule has 5 nitrogen and oxygen atoms in total. The summed E-state index contributed by atoms with van der Waals surface area (Å²) in [7, 11) is 0. The van der Waals surface area contributed by atoms with E-state index < -0.39 is 5.97 Å². The molecule has 0 fully saturated rings. The van der Waals surface area contributed by atoms with Crippen molar-refractivity contribution in [1.82, 2.24) is 0 Å². The van der Waals surface area contributed by atoms with Crippen LogP contribution in [0.4, 0.5) is 5.69 Å². The number of nitrogens with one attached hydrogen (secondary N) is 1. The lowest BCUT2D eigenvalue weighted by Crippen LogP contribution is -2.15. The fourth-order valence-corrected chi connectivity index (χ4v) is 1.16. The number of hydrogen-bond acceptors (Lipinski definition) is 4. The second kappa shape index (κ2) is 6.65. The molecule has 1 aromatic rings. The molecule has 0 aliphatic heterocycles. The predicted molar refractivity (Wildman–Crippen MR) is 62.9 cm³/mol. The summed E-state index contributed by atoms with van der Waals surface area (Å²) in [5.74, 6) is -0.172. The molecule has 0 unspecified atom stereocenters. The minimum atomic E-state index is -0.445. The maximum Gasteiger partial charge on any atom is 0.337 e. The van der Waals surface area contributed by atoms with Crippen molar-refractivity contribution < 1.29 is 19.1 Å². The van der Waals surface area contributed by atoms with E-state index in [-0.39, 0.29) is 12.5 Å². The van der Waals surface area contributed by atoms with Gasteiger partial charge in [0.05, 0.1) is 0 Å². The van der Waals surface area contributed by atoms with Crippen molar-refractivity contribution in [2.24, 2.45) is 0 Å². The SMILES string of the molecule is CCOCC(=O)Oc1ccc(NC(C)=O)cc1. The van der Waals surface area contributed by atoms with E-state index in [1.165, 1.54) is 6.92 Å². The van der Waals surface area contributed by atoms with Crippen LogP contribution in [0.5, 0.6) is 5.75 Å².